The highest BCUT2D eigenvalue weighted by molar-refractivity contribution is 7.92. The lowest BCUT2D eigenvalue weighted by Gasteiger charge is -2.33. The van der Waals surface area contributed by atoms with Gasteiger partial charge in [-0.05, 0) is 43.5 Å². The summed E-state index contributed by atoms with van der Waals surface area (Å²) in [6, 6.07) is 10.7. The first-order valence-corrected chi connectivity index (χ1v) is 14.2. The quantitative estimate of drug-likeness (QED) is 0.404. The van der Waals surface area contributed by atoms with Crippen molar-refractivity contribution in [3.05, 3.63) is 53.1 Å². The Morgan fingerprint density at radius 3 is 2.27 bits per heavy atom. The Kier molecular flexibility index (Phi) is 11.1. The van der Waals surface area contributed by atoms with E-state index in [2.05, 4.69) is 5.32 Å². The van der Waals surface area contributed by atoms with Gasteiger partial charge in [-0.1, -0.05) is 43.6 Å². The molecule has 0 fully saturated rings. The number of hydrogen-bond donors (Lipinski definition) is 1. The van der Waals surface area contributed by atoms with Crippen LogP contribution < -0.4 is 19.1 Å². The number of carbonyl (C=O) groups excluding carboxylic acids is 2. The molecule has 0 saturated carbocycles. The maximum absolute atomic E-state index is 13.8. The Bertz CT molecular complexity index is 1190. The van der Waals surface area contributed by atoms with Crippen molar-refractivity contribution >= 4 is 39.1 Å². The second-order valence-corrected chi connectivity index (χ2v) is 11.0. The normalized spacial score (nSPS) is 12.8. The van der Waals surface area contributed by atoms with Crippen molar-refractivity contribution in [3.8, 4) is 11.5 Å². The number of hydrogen-bond acceptors (Lipinski definition) is 6. The van der Waals surface area contributed by atoms with Gasteiger partial charge in [0.25, 0.3) is 0 Å². The van der Waals surface area contributed by atoms with Crippen LogP contribution in [0.25, 0.3) is 0 Å². The van der Waals surface area contributed by atoms with Crippen molar-refractivity contribution in [3.63, 3.8) is 0 Å². The molecule has 2 aromatic carbocycles. The van der Waals surface area contributed by atoms with Gasteiger partial charge in [-0.2, -0.15) is 0 Å². The van der Waals surface area contributed by atoms with E-state index in [1.54, 1.807) is 37.3 Å². The molecular weight excluding hydrogens is 518 g/mol. The molecular formula is C26H36ClN3O6S. The van der Waals surface area contributed by atoms with Gasteiger partial charge in [0.1, 0.15) is 24.1 Å². The van der Waals surface area contributed by atoms with E-state index >= 15 is 0 Å². The first-order valence-electron chi connectivity index (χ1n) is 12.0. The van der Waals surface area contributed by atoms with Crippen molar-refractivity contribution in [1.82, 2.24) is 10.2 Å². The van der Waals surface area contributed by atoms with Crippen molar-refractivity contribution in [2.45, 2.75) is 52.2 Å². The fourth-order valence-electron chi connectivity index (χ4n) is 3.76. The molecule has 0 heterocycles. The smallest absolute Gasteiger partial charge is 0.244 e. The van der Waals surface area contributed by atoms with Crippen LogP contribution in [0, 0.1) is 0 Å². The van der Waals surface area contributed by atoms with Crippen LogP contribution in [0.2, 0.25) is 5.02 Å². The monoisotopic (exact) mass is 553 g/mol. The molecule has 0 aliphatic carbocycles. The predicted molar refractivity (Wildman–Crippen MR) is 146 cm³/mol. The number of sulfonamides is 1. The third kappa shape index (κ3) is 8.00. The van der Waals surface area contributed by atoms with E-state index in [0.717, 1.165) is 17.0 Å². The number of amides is 2. The highest BCUT2D eigenvalue weighted by atomic mass is 35.5. The van der Waals surface area contributed by atoms with E-state index in [0.29, 0.717) is 22.8 Å². The molecule has 9 nitrogen and oxygen atoms in total. The minimum atomic E-state index is -3.92. The summed E-state index contributed by atoms with van der Waals surface area (Å²) in [5.74, 6) is -0.190. The summed E-state index contributed by atoms with van der Waals surface area (Å²) in [5, 5.41) is 3.37. The molecule has 2 atom stereocenters. The minimum absolute atomic E-state index is 0.0300. The topological polar surface area (TPSA) is 105 Å². The molecule has 0 saturated heterocycles. The number of halogens is 1. The number of carbonyl (C=O) groups is 2. The van der Waals surface area contributed by atoms with E-state index < -0.39 is 28.5 Å². The molecule has 0 unspecified atom stereocenters. The maximum Gasteiger partial charge on any atom is 0.244 e. The first kappa shape index (κ1) is 30.2. The second kappa shape index (κ2) is 13.5. The Labute approximate surface area is 224 Å². The number of nitrogens with zero attached hydrogens (tertiary/aromatic N) is 2. The molecule has 2 aromatic rings. The van der Waals surface area contributed by atoms with Gasteiger partial charge >= 0.3 is 0 Å². The summed E-state index contributed by atoms with van der Waals surface area (Å²) < 4.78 is 37.3. The third-order valence-electron chi connectivity index (χ3n) is 6.02. The molecule has 0 aliphatic heterocycles. The summed E-state index contributed by atoms with van der Waals surface area (Å²) >= 11 is 6.38. The van der Waals surface area contributed by atoms with Crippen LogP contribution >= 0.6 is 11.6 Å². The Morgan fingerprint density at radius 2 is 1.73 bits per heavy atom. The van der Waals surface area contributed by atoms with Gasteiger partial charge in [0.15, 0.2) is 0 Å². The molecule has 204 valence electrons. The Balaban J connectivity index is 2.52. The zero-order valence-electron chi connectivity index (χ0n) is 22.2. The standard InChI is InChI=1S/C26H36ClN3O6S/c1-7-18(3)28-26(32)22(8-2)29(16-19-11-9-10-12-21(19)27)25(31)17-30(37(6,33)34)23-14-13-20(35-4)15-24(23)36-5/h9-15,18,22H,7-8,16-17H2,1-6H3,(H,28,32)/t18-,22+/m1/s1. The molecule has 0 spiro atoms. The fraction of sp³-hybridized carbons (Fsp3) is 0.462. The third-order valence-corrected chi connectivity index (χ3v) is 7.52. The lowest BCUT2D eigenvalue weighted by molar-refractivity contribution is -0.140. The van der Waals surface area contributed by atoms with Crippen molar-refractivity contribution in [2.75, 3.05) is 31.3 Å². The van der Waals surface area contributed by atoms with E-state index in [4.69, 9.17) is 21.1 Å². The highest BCUT2D eigenvalue weighted by Crippen LogP contribution is 2.34. The van der Waals surface area contributed by atoms with Gasteiger partial charge in [0.2, 0.25) is 21.8 Å². The van der Waals surface area contributed by atoms with Gasteiger partial charge in [-0.15, -0.1) is 0 Å². The number of rotatable bonds is 13. The summed E-state index contributed by atoms with van der Waals surface area (Å²) in [4.78, 5) is 28.4. The van der Waals surface area contributed by atoms with E-state index in [9.17, 15) is 18.0 Å². The molecule has 37 heavy (non-hydrogen) atoms. The summed E-state index contributed by atoms with van der Waals surface area (Å²) in [6.45, 7) is 5.12. The summed E-state index contributed by atoms with van der Waals surface area (Å²) in [6.07, 6.45) is 2.05. The van der Waals surface area contributed by atoms with Crippen LogP contribution in [0.15, 0.2) is 42.5 Å². The van der Waals surface area contributed by atoms with Crippen molar-refractivity contribution in [1.29, 1.82) is 0 Å². The number of anilines is 1. The van der Waals surface area contributed by atoms with Crippen LogP contribution in [0.1, 0.15) is 39.2 Å². The Hall–Kier alpha value is -2.98. The zero-order valence-corrected chi connectivity index (χ0v) is 23.7. The second-order valence-electron chi connectivity index (χ2n) is 8.66. The largest absolute Gasteiger partial charge is 0.497 e. The van der Waals surface area contributed by atoms with Crippen LogP contribution in [0.4, 0.5) is 5.69 Å². The first-order chi connectivity index (χ1) is 17.5. The number of benzene rings is 2. The van der Waals surface area contributed by atoms with Gasteiger partial charge in [0.05, 0.1) is 26.2 Å². The van der Waals surface area contributed by atoms with Crippen LogP contribution in [0.3, 0.4) is 0 Å². The molecule has 2 rings (SSSR count). The maximum atomic E-state index is 13.8. The average molecular weight is 554 g/mol. The van der Waals surface area contributed by atoms with Crippen molar-refractivity contribution in [2.24, 2.45) is 0 Å². The zero-order chi connectivity index (χ0) is 27.8. The van der Waals surface area contributed by atoms with E-state index in [-0.39, 0.29) is 29.9 Å². The van der Waals surface area contributed by atoms with Crippen LogP contribution in [-0.2, 0) is 26.2 Å². The van der Waals surface area contributed by atoms with Crippen LogP contribution in [0.5, 0.6) is 11.5 Å². The van der Waals surface area contributed by atoms with E-state index in [1.165, 1.54) is 31.3 Å². The predicted octanol–water partition coefficient (Wildman–Crippen LogP) is 3.85. The van der Waals surface area contributed by atoms with Gasteiger partial charge in [-0.25, -0.2) is 8.42 Å². The highest BCUT2D eigenvalue weighted by Gasteiger charge is 2.33. The molecule has 0 bridgehead atoms. The molecule has 0 radical (unpaired) electrons. The van der Waals surface area contributed by atoms with Crippen molar-refractivity contribution < 1.29 is 27.5 Å². The van der Waals surface area contributed by atoms with Gasteiger partial charge < -0.3 is 19.7 Å². The summed E-state index contributed by atoms with van der Waals surface area (Å²) in [7, 11) is -1.04. The van der Waals surface area contributed by atoms with Gasteiger partial charge in [-0.3, -0.25) is 13.9 Å². The molecule has 11 heteroatoms. The minimum Gasteiger partial charge on any atom is -0.497 e. The lowest BCUT2D eigenvalue weighted by Crippen LogP contribution is -2.53. The van der Waals surface area contributed by atoms with Crippen LogP contribution in [-0.4, -0.2) is 64.2 Å². The molecule has 1 N–H and O–H groups in total. The average Bonchev–Trinajstić information content (AvgIpc) is 2.86. The molecule has 2 amide bonds. The number of methoxy groups -OCH3 is 2. The van der Waals surface area contributed by atoms with E-state index in [1.807, 2.05) is 13.8 Å². The fourth-order valence-corrected chi connectivity index (χ4v) is 4.81. The van der Waals surface area contributed by atoms with Gasteiger partial charge in [0, 0.05) is 23.7 Å². The summed E-state index contributed by atoms with van der Waals surface area (Å²) in [5.41, 5.74) is 0.814. The number of ether oxygens (including phenoxy) is 2. The lowest BCUT2D eigenvalue weighted by atomic mass is 10.1. The molecule has 0 aliphatic rings. The Morgan fingerprint density at radius 1 is 1.05 bits per heavy atom. The molecule has 0 aromatic heterocycles. The SMILES string of the molecule is CC[C@@H](C)NC(=O)[C@H](CC)N(Cc1ccccc1Cl)C(=O)CN(c1ccc(OC)cc1OC)S(C)(=O)=O. The number of nitrogens with one attached hydrogen (secondary N) is 1.